The van der Waals surface area contributed by atoms with Gasteiger partial charge in [0.1, 0.15) is 5.60 Å². The van der Waals surface area contributed by atoms with Crippen LogP contribution in [0.3, 0.4) is 0 Å². The lowest BCUT2D eigenvalue weighted by Crippen LogP contribution is -2.51. The highest BCUT2D eigenvalue weighted by Crippen LogP contribution is 2.47. The lowest BCUT2D eigenvalue weighted by Gasteiger charge is -2.46. The van der Waals surface area contributed by atoms with E-state index in [2.05, 4.69) is 0 Å². The number of carboxylic acid groups (broad SMARTS) is 1. The molecule has 6 heteroatoms. The summed E-state index contributed by atoms with van der Waals surface area (Å²) in [4.78, 5) is 13.9. The van der Waals surface area contributed by atoms with Gasteiger partial charge in [0.2, 0.25) is 0 Å². The van der Waals surface area contributed by atoms with Crippen molar-refractivity contribution in [3.8, 4) is 0 Å². The molecule has 0 bridgehead atoms. The second-order valence-corrected chi connectivity index (χ2v) is 6.96. The molecule has 0 radical (unpaired) electrons. The first-order valence-corrected chi connectivity index (χ1v) is 7.63. The van der Waals surface area contributed by atoms with E-state index in [1.807, 2.05) is 13.0 Å². The molecule has 1 spiro atoms. The highest BCUT2D eigenvalue weighted by molar-refractivity contribution is 7.16. The topological polar surface area (TPSA) is 49.8 Å². The van der Waals surface area contributed by atoms with Crippen LogP contribution in [0.2, 0.25) is 4.34 Å². The Hall–Kier alpha value is -0.780. The summed E-state index contributed by atoms with van der Waals surface area (Å²) in [5.41, 5.74) is 0.953. The molecule has 0 aromatic carbocycles. The summed E-state index contributed by atoms with van der Waals surface area (Å²) < 4.78 is 6.87. The predicted octanol–water partition coefficient (Wildman–Crippen LogP) is 3.33. The minimum Gasteiger partial charge on any atom is -0.465 e. The largest absolute Gasteiger partial charge is 0.465 e. The second kappa shape index (κ2) is 4.65. The van der Waals surface area contributed by atoms with Crippen LogP contribution >= 0.6 is 22.9 Å². The number of likely N-dealkylation sites (tertiary alicyclic amines) is 1. The normalized spacial score (nSPS) is 30.4. The number of halogens is 1. The minimum atomic E-state index is -0.845. The molecular formula is C13H16ClNO3S. The van der Waals surface area contributed by atoms with E-state index in [0.29, 0.717) is 26.0 Å². The van der Waals surface area contributed by atoms with Gasteiger partial charge < -0.3 is 14.7 Å². The zero-order valence-corrected chi connectivity index (χ0v) is 12.3. The quantitative estimate of drug-likeness (QED) is 0.799. The Balaban J connectivity index is 1.92. The number of fused-ring (bicyclic) bond motifs is 2. The number of rotatable bonds is 0. The van der Waals surface area contributed by atoms with Crippen LogP contribution in [0.4, 0.5) is 4.79 Å². The van der Waals surface area contributed by atoms with E-state index in [1.54, 1.807) is 11.3 Å². The number of ether oxygens (including phenoxy) is 1. The van der Waals surface area contributed by atoms with E-state index >= 15 is 0 Å². The molecule has 19 heavy (non-hydrogen) atoms. The average Bonchev–Trinajstić information content (AvgIpc) is 2.71. The number of carbonyl (C=O) groups is 1. The van der Waals surface area contributed by atoms with Gasteiger partial charge in [0.05, 0.1) is 10.9 Å². The average molecular weight is 302 g/mol. The fourth-order valence-electron chi connectivity index (χ4n) is 3.22. The third-order valence-electron chi connectivity index (χ3n) is 4.10. The van der Waals surface area contributed by atoms with Crippen LogP contribution in [0.25, 0.3) is 0 Å². The van der Waals surface area contributed by atoms with Gasteiger partial charge in [-0.2, -0.15) is 0 Å². The van der Waals surface area contributed by atoms with Crippen molar-refractivity contribution in [1.29, 1.82) is 0 Å². The van der Waals surface area contributed by atoms with Gasteiger partial charge in [0.15, 0.2) is 0 Å². The van der Waals surface area contributed by atoms with Crippen molar-refractivity contribution in [3.05, 3.63) is 20.8 Å². The van der Waals surface area contributed by atoms with Gasteiger partial charge in [0, 0.05) is 23.9 Å². The number of piperidine rings is 1. The molecule has 1 aromatic heterocycles. The predicted molar refractivity (Wildman–Crippen MR) is 74.1 cm³/mol. The molecule has 4 nitrogen and oxygen atoms in total. The zero-order chi connectivity index (χ0) is 13.6. The van der Waals surface area contributed by atoms with Crippen molar-refractivity contribution in [2.45, 2.75) is 37.8 Å². The van der Waals surface area contributed by atoms with Gasteiger partial charge in [-0.3, -0.25) is 0 Å². The van der Waals surface area contributed by atoms with Gasteiger partial charge >= 0.3 is 6.09 Å². The molecule has 3 rings (SSSR count). The van der Waals surface area contributed by atoms with E-state index in [-0.39, 0.29) is 11.6 Å². The van der Waals surface area contributed by atoms with Crippen LogP contribution in [-0.4, -0.2) is 35.3 Å². The number of amides is 1. The Morgan fingerprint density at radius 3 is 3.16 bits per heavy atom. The smallest absolute Gasteiger partial charge is 0.407 e. The van der Waals surface area contributed by atoms with Crippen LogP contribution < -0.4 is 0 Å². The second-order valence-electron chi connectivity index (χ2n) is 5.28. The highest BCUT2D eigenvalue weighted by atomic mass is 35.5. The summed E-state index contributed by atoms with van der Waals surface area (Å²) in [6.45, 7) is 3.16. The van der Waals surface area contributed by atoms with E-state index in [9.17, 15) is 4.79 Å². The Kier molecular flexibility index (Phi) is 3.23. The monoisotopic (exact) mass is 301 g/mol. The van der Waals surface area contributed by atoms with E-state index in [0.717, 1.165) is 10.8 Å². The first kappa shape index (κ1) is 13.2. The molecular weight excluding hydrogens is 286 g/mol. The van der Waals surface area contributed by atoms with E-state index < -0.39 is 6.09 Å². The van der Waals surface area contributed by atoms with Crippen molar-refractivity contribution in [3.63, 3.8) is 0 Å². The summed E-state index contributed by atoms with van der Waals surface area (Å²) in [5, 5.41) is 9.16. The third kappa shape index (κ3) is 2.14. The summed E-state index contributed by atoms with van der Waals surface area (Å²) in [6, 6.07) is 2.00. The first-order valence-electron chi connectivity index (χ1n) is 6.44. The molecule has 1 fully saturated rings. The van der Waals surface area contributed by atoms with E-state index in [1.165, 1.54) is 15.3 Å². The lowest BCUT2D eigenvalue weighted by molar-refractivity contribution is -0.104. The van der Waals surface area contributed by atoms with Crippen molar-refractivity contribution in [2.24, 2.45) is 0 Å². The Bertz CT molecular complexity index is 518. The Morgan fingerprint density at radius 2 is 2.47 bits per heavy atom. The van der Waals surface area contributed by atoms with Gasteiger partial charge in [0.25, 0.3) is 0 Å². The van der Waals surface area contributed by atoms with Crippen LogP contribution in [-0.2, 0) is 16.8 Å². The zero-order valence-electron chi connectivity index (χ0n) is 10.7. The van der Waals surface area contributed by atoms with Crippen molar-refractivity contribution < 1.29 is 14.6 Å². The summed E-state index contributed by atoms with van der Waals surface area (Å²) in [7, 11) is 0. The molecule has 1 amide bonds. The number of hydrogen-bond acceptors (Lipinski definition) is 3. The van der Waals surface area contributed by atoms with Gasteiger partial charge in [-0.25, -0.2) is 4.79 Å². The van der Waals surface area contributed by atoms with Crippen molar-refractivity contribution in [2.75, 3.05) is 13.2 Å². The molecule has 1 N–H and O–H groups in total. The van der Waals surface area contributed by atoms with Crippen LogP contribution in [0.1, 0.15) is 30.2 Å². The fourth-order valence-corrected chi connectivity index (χ4v) is 4.70. The molecule has 2 atom stereocenters. The Labute approximate surface area is 120 Å². The maximum absolute atomic E-state index is 11.2. The lowest BCUT2D eigenvalue weighted by atomic mass is 9.82. The standard InChI is InChI=1S/C13H16ClNO3S/c1-8-7-13(3-4-15(8)12(16)17)11-9(2-5-18-13)6-10(14)19-11/h6,8H,2-5,7H2,1H3,(H,16,17)/t8-,13+/m0/s1. The number of thiophene rings is 1. The van der Waals surface area contributed by atoms with Gasteiger partial charge in [-0.1, -0.05) is 11.6 Å². The highest BCUT2D eigenvalue weighted by Gasteiger charge is 2.45. The Morgan fingerprint density at radius 1 is 1.68 bits per heavy atom. The molecule has 2 aliphatic rings. The molecule has 1 saturated heterocycles. The molecule has 0 unspecified atom stereocenters. The van der Waals surface area contributed by atoms with Crippen molar-refractivity contribution >= 4 is 29.0 Å². The van der Waals surface area contributed by atoms with Crippen LogP contribution in [0.15, 0.2) is 6.07 Å². The van der Waals surface area contributed by atoms with Crippen LogP contribution in [0, 0.1) is 0 Å². The SMILES string of the molecule is C[C@H]1C[C@@]2(CCN1C(=O)O)OCCc1cc(Cl)sc12. The summed E-state index contributed by atoms with van der Waals surface area (Å²) >= 11 is 7.71. The van der Waals surface area contributed by atoms with Crippen molar-refractivity contribution in [1.82, 2.24) is 4.90 Å². The first-order chi connectivity index (χ1) is 9.02. The molecule has 3 heterocycles. The minimum absolute atomic E-state index is 0.0296. The number of nitrogens with zero attached hydrogens (tertiary/aromatic N) is 1. The van der Waals surface area contributed by atoms with Gasteiger partial charge in [-0.05, 0) is 31.4 Å². The third-order valence-corrected chi connectivity index (χ3v) is 5.59. The van der Waals surface area contributed by atoms with E-state index in [4.69, 9.17) is 21.4 Å². The molecule has 1 aromatic rings. The molecule has 2 aliphatic heterocycles. The number of hydrogen-bond donors (Lipinski definition) is 1. The molecule has 0 saturated carbocycles. The fraction of sp³-hybridized carbons (Fsp3) is 0.615. The molecule has 0 aliphatic carbocycles. The maximum Gasteiger partial charge on any atom is 0.407 e. The summed E-state index contributed by atoms with van der Waals surface area (Å²) in [6.07, 6.45) is 1.48. The van der Waals surface area contributed by atoms with Crippen LogP contribution in [0.5, 0.6) is 0 Å². The van der Waals surface area contributed by atoms with Gasteiger partial charge in [-0.15, -0.1) is 11.3 Å². The molecule has 104 valence electrons. The summed E-state index contributed by atoms with van der Waals surface area (Å²) in [5.74, 6) is 0. The maximum atomic E-state index is 11.2.